The number of hydrogen-bond donors (Lipinski definition) is 1. The number of hydrogen-bond acceptors (Lipinski definition) is 3. The van der Waals surface area contributed by atoms with E-state index in [0.29, 0.717) is 6.42 Å². The highest BCUT2D eigenvalue weighted by Gasteiger charge is 2.34. The van der Waals surface area contributed by atoms with Gasteiger partial charge >= 0.3 is 0 Å². The summed E-state index contributed by atoms with van der Waals surface area (Å²) in [6.45, 7) is 4.29. The molecule has 2 atom stereocenters. The Hall–Kier alpha value is -0.740. The summed E-state index contributed by atoms with van der Waals surface area (Å²) < 4.78 is 12.9. The molecule has 1 N–H and O–H groups in total. The van der Waals surface area contributed by atoms with Gasteiger partial charge in [0.1, 0.15) is 23.7 Å². The fourth-order valence-corrected chi connectivity index (χ4v) is 3.60. The summed E-state index contributed by atoms with van der Waals surface area (Å²) in [4.78, 5) is 0. The van der Waals surface area contributed by atoms with Crippen molar-refractivity contribution in [3.8, 4) is 11.5 Å². The number of fused-ring (bicyclic) bond motifs is 2. The second-order valence-electron chi connectivity index (χ2n) is 5.15. The van der Waals surface area contributed by atoms with E-state index in [1.807, 2.05) is 0 Å². The lowest BCUT2D eigenvalue weighted by molar-refractivity contribution is 0.248. The summed E-state index contributed by atoms with van der Waals surface area (Å²) in [5.74, 6) is 1.93. The average Bonchev–Trinajstić information content (AvgIpc) is 2.88. The third kappa shape index (κ3) is 1.74. The normalized spacial score (nSPS) is 24.4. The molecule has 2 unspecified atom stereocenters. The Morgan fingerprint density at radius 2 is 1.72 bits per heavy atom. The molecule has 2 heterocycles. The third-order valence-electron chi connectivity index (χ3n) is 3.63. The quantitative estimate of drug-likeness (QED) is 0.912. The van der Waals surface area contributed by atoms with E-state index in [-0.39, 0.29) is 18.8 Å². The van der Waals surface area contributed by atoms with Crippen LogP contribution in [0, 0.1) is 0 Å². The molecule has 0 saturated heterocycles. The molecule has 18 heavy (non-hydrogen) atoms. The average molecular weight is 313 g/mol. The predicted molar refractivity (Wildman–Crippen MR) is 72.5 cm³/mol. The number of halogens is 1. The minimum atomic E-state index is 0.145. The summed E-state index contributed by atoms with van der Waals surface area (Å²) in [5, 5.41) is 9.28. The first-order valence-corrected chi connectivity index (χ1v) is 7.21. The summed E-state index contributed by atoms with van der Waals surface area (Å²) in [7, 11) is 0. The molecule has 3 rings (SSSR count). The molecule has 98 valence electrons. The fourth-order valence-electron chi connectivity index (χ4n) is 2.93. The smallest absolute Gasteiger partial charge is 0.138 e. The van der Waals surface area contributed by atoms with E-state index in [1.165, 1.54) is 11.1 Å². The highest BCUT2D eigenvalue weighted by atomic mass is 79.9. The number of aliphatic hydroxyl groups excluding tert-OH is 1. The van der Waals surface area contributed by atoms with Gasteiger partial charge in [0, 0.05) is 36.1 Å². The van der Waals surface area contributed by atoms with Crippen LogP contribution in [0.1, 0.15) is 30.5 Å². The van der Waals surface area contributed by atoms with Crippen molar-refractivity contribution in [3.05, 3.63) is 21.2 Å². The molecular formula is C14H17BrO3. The molecule has 0 radical (unpaired) electrons. The molecule has 3 nitrogen and oxygen atoms in total. The molecule has 1 aromatic carbocycles. The van der Waals surface area contributed by atoms with E-state index >= 15 is 0 Å². The van der Waals surface area contributed by atoms with Crippen LogP contribution in [0.3, 0.4) is 0 Å². The van der Waals surface area contributed by atoms with Crippen LogP contribution >= 0.6 is 15.9 Å². The van der Waals surface area contributed by atoms with Gasteiger partial charge in [-0.1, -0.05) is 0 Å². The maximum Gasteiger partial charge on any atom is 0.138 e. The SMILES string of the molecule is CC1Cc2c(CCO)c3c(c(Br)c2O1)CC(C)O3. The van der Waals surface area contributed by atoms with Crippen LogP contribution in [-0.2, 0) is 19.3 Å². The van der Waals surface area contributed by atoms with Crippen molar-refractivity contribution in [1.29, 1.82) is 0 Å². The Morgan fingerprint density at radius 1 is 1.11 bits per heavy atom. The van der Waals surface area contributed by atoms with Crippen molar-refractivity contribution in [1.82, 2.24) is 0 Å². The van der Waals surface area contributed by atoms with E-state index in [0.717, 1.165) is 34.4 Å². The zero-order valence-electron chi connectivity index (χ0n) is 10.6. The van der Waals surface area contributed by atoms with Gasteiger partial charge in [-0.05, 0) is 36.2 Å². The lowest BCUT2D eigenvalue weighted by Gasteiger charge is -2.14. The van der Waals surface area contributed by atoms with Crippen molar-refractivity contribution in [2.24, 2.45) is 0 Å². The second kappa shape index (κ2) is 4.42. The van der Waals surface area contributed by atoms with Crippen LogP contribution in [0.2, 0.25) is 0 Å². The van der Waals surface area contributed by atoms with E-state index in [1.54, 1.807) is 0 Å². The molecule has 0 bridgehead atoms. The monoisotopic (exact) mass is 312 g/mol. The van der Waals surface area contributed by atoms with Gasteiger partial charge in [-0.3, -0.25) is 0 Å². The van der Waals surface area contributed by atoms with Crippen LogP contribution in [0.5, 0.6) is 11.5 Å². The summed E-state index contributed by atoms with van der Waals surface area (Å²) >= 11 is 3.66. The zero-order valence-corrected chi connectivity index (χ0v) is 12.2. The van der Waals surface area contributed by atoms with Crippen LogP contribution in [0.15, 0.2) is 4.47 Å². The zero-order chi connectivity index (χ0) is 12.9. The lowest BCUT2D eigenvalue weighted by atomic mass is 9.96. The number of ether oxygens (including phenoxy) is 2. The second-order valence-corrected chi connectivity index (χ2v) is 5.94. The third-order valence-corrected chi connectivity index (χ3v) is 4.47. The summed E-state index contributed by atoms with van der Waals surface area (Å²) in [6, 6.07) is 0. The van der Waals surface area contributed by atoms with Crippen molar-refractivity contribution in [2.75, 3.05) is 6.61 Å². The van der Waals surface area contributed by atoms with Gasteiger partial charge in [-0.25, -0.2) is 0 Å². The van der Waals surface area contributed by atoms with E-state index in [4.69, 9.17) is 9.47 Å². The van der Waals surface area contributed by atoms with Gasteiger partial charge in [-0.15, -0.1) is 0 Å². The first kappa shape index (κ1) is 12.3. The topological polar surface area (TPSA) is 38.7 Å². The minimum absolute atomic E-state index is 0.145. The molecule has 0 aliphatic carbocycles. The number of rotatable bonds is 2. The van der Waals surface area contributed by atoms with Crippen LogP contribution in [-0.4, -0.2) is 23.9 Å². The van der Waals surface area contributed by atoms with E-state index in [9.17, 15) is 5.11 Å². The van der Waals surface area contributed by atoms with Gasteiger partial charge < -0.3 is 14.6 Å². The molecule has 1 aromatic rings. The molecule has 2 aliphatic heterocycles. The summed E-state index contributed by atoms with van der Waals surface area (Å²) in [6.07, 6.45) is 2.84. The number of aliphatic hydroxyl groups is 1. The Kier molecular flexibility index (Phi) is 3.02. The van der Waals surface area contributed by atoms with Crippen molar-refractivity contribution >= 4 is 15.9 Å². The number of benzene rings is 1. The van der Waals surface area contributed by atoms with Crippen molar-refractivity contribution < 1.29 is 14.6 Å². The first-order valence-electron chi connectivity index (χ1n) is 6.42. The molecule has 0 fully saturated rings. The Labute approximate surface area is 115 Å². The van der Waals surface area contributed by atoms with Gasteiger partial charge in [0.05, 0.1) is 4.47 Å². The lowest BCUT2D eigenvalue weighted by Crippen LogP contribution is -2.08. The van der Waals surface area contributed by atoms with Gasteiger partial charge in [0.15, 0.2) is 0 Å². The minimum Gasteiger partial charge on any atom is -0.490 e. The van der Waals surface area contributed by atoms with Crippen LogP contribution in [0.25, 0.3) is 0 Å². The highest BCUT2D eigenvalue weighted by molar-refractivity contribution is 9.10. The Bertz CT molecular complexity index is 459. The maximum atomic E-state index is 9.28. The van der Waals surface area contributed by atoms with Crippen molar-refractivity contribution in [3.63, 3.8) is 0 Å². The van der Waals surface area contributed by atoms with Gasteiger partial charge in [0.25, 0.3) is 0 Å². The Morgan fingerprint density at radius 3 is 2.39 bits per heavy atom. The fraction of sp³-hybridized carbons (Fsp3) is 0.571. The molecule has 0 saturated carbocycles. The van der Waals surface area contributed by atoms with E-state index in [2.05, 4.69) is 29.8 Å². The van der Waals surface area contributed by atoms with Gasteiger partial charge in [0.2, 0.25) is 0 Å². The molecular weight excluding hydrogens is 296 g/mol. The predicted octanol–water partition coefficient (Wildman–Crippen LogP) is 2.63. The van der Waals surface area contributed by atoms with E-state index < -0.39 is 0 Å². The highest BCUT2D eigenvalue weighted by Crippen LogP contribution is 2.49. The van der Waals surface area contributed by atoms with Crippen LogP contribution in [0.4, 0.5) is 0 Å². The standard InChI is InChI=1S/C14H17BrO3/c1-7-5-10-9(3-4-16)13-11(6-8(2)17-13)12(15)14(10)18-7/h7-8,16H,3-6H2,1-2H3. The van der Waals surface area contributed by atoms with Crippen LogP contribution < -0.4 is 9.47 Å². The molecule has 0 aromatic heterocycles. The van der Waals surface area contributed by atoms with Crippen molar-refractivity contribution in [2.45, 2.75) is 45.3 Å². The molecule has 4 heteroatoms. The largest absolute Gasteiger partial charge is 0.490 e. The first-order chi connectivity index (χ1) is 8.61. The Balaban J connectivity index is 2.19. The summed E-state index contributed by atoms with van der Waals surface area (Å²) in [5.41, 5.74) is 3.54. The molecule has 0 amide bonds. The maximum absolute atomic E-state index is 9.28. The molecule has 2 aliphatic rings. The van der Waals surface area contributed by atoms with Gasteiger partial charge in [-0.2, -0.15) is 0 Å². The molecule has 0 spiro atoms.